The molecule has 0 heterocycles. The first-order valence-electron chi connectivity index (χ1n) is 7.62. The molecular weight excluding hydrogens is 314 g/mol. The third-order valence-corrected chi connectivity index (χ3v) is 3.51. The lowest BCUT2D eigenvalue weighted by molar-refractivity contribution is -0.112. The number of aldehydes is 1. The number of rotatable bonds is 6. The SMILES string of the molecule is C=C(C(=O)Nc1ccccc1)C(N)=N/C=C(\C)c1ccc(C=O)cc1. The van der Waals surface area contributed by atoms with Gasteiger partial charge in [-0.2, -0.15) is 0 Å². The second-order valence-corrected chi connectivity index (χ2v) is 5.37. The number of anilines is 1. The molecule has 3 N–H and O–H groups in total. The summed E-state index contributed by atoms with van der Waals surface area (Å²) in [5.41, 5.74) is 8.94. The van der Waals surface area contributed by atoms with Gasteiger partial charge in [0.25, 0.3) is 5.91 Å². The summed E-state index contributed by atoms with van der Waals surface area (Å²) in [4.78, 5) is 26.9. The van der Waals surface area contributed by atoms with E-state index in [-0.39, 0.29) is 11.4 Å². The van der Waals surface area contributed by atoms with Gasteiger partial charge < -0.3 is 11.1 Å². The van der Waals surface area contributed by atoms with Crippen molar-refractivity contribution in [3.8, 4) is 0 Å². The lowest BCUT2D eigenvalue weighted by Gasteiger charge is -2.07. The molecule has 2 aromatic carbocycles. The molecule has 0 atom stereocenters. The van der Waals surface area contributed by atoms with Crippen LogP contribution >= 0.6 is 0 Å². The minimum atomic E-state index is -0.408. The number of aliphatic imine (C=N–C) groups is 1. The molecule has 0 bridgehead atoms. The number of nitrogens with zero attached hydrogens (tertiary/aromatic N) is 1. The first-order chi connectivity index (χ1) is 12.0. The quantitative estimate of drug-likeness (QED) is 0.368. The Balaban J connectivity index is 2.06. The van der Waals surface area contributed by atoms with Gasteiger partial charge in [0.2, 0.25) is 0 Å². The van der Waals surface area contributed by atoms with Crippen molar-refractivity contribution in [1.82, 2.24) is 0 Å². The number of allylic oxidation sites excluding steroid dienone is 1. The van der Waals surface area contributed by atoms with E-state index in [9.17, 15) is 9.59 Å². The van der Waals surface area contributed by atoms with E-state index >= 15 is 0 Å². The van der Waals surface area contributed by atoms with Crippen molar-refractivity contribution in [3.63, 3.8) is 0 Å². The van der Waals surface area contributed by atoms with E-state index in [1.54, 1.807) is 30.5 Å². The van der Waals surface area contributed by atoms with Crippen molar-refractivity contribution < 1.29 is 9.59 Å². The lowest BCUT2D eigenvalue weighted by Crippen LogP contribution is -2.25. The van der Waals surface area contributed by atoms with Gasteiger partial charge in [-0.05, 0) is 30.2 Å². The van der Waals surface area contributed by atoms with Crippen molar-refractivity contribution >= 4 is 29.3 Å². The number of hydrogen-bond acceptors (Lipinski definition) is 3. The number of amides is 1. The van der Waals surface area contributed by atoms with E-state index in [0.29, 0.717) is 11.3 Å². The summed E-state index contributed by atoms with van der Waals surface area (Å²) in [6.07, 6.45) is 2.35. The zero-order valence-corrected chi connectivity index (χ0v) is 13.9. The molecule has 0 aromatic heterocycles. The van der Waals surface area contributed by atoms with E-state index in [4.69, 9.17) is 5.73 Å². The van der Waals surface area contributed by atoms with Crippen LogP contribution in [-0.2, 0) is 4.79 Å². The third kappa shape index (κ3) is 5.00. The molecule has 2 rings (SSSR count). The van der Waals surface area contributed by atoms with Gasteiger partial charge in [0.05, 0.1) is 5.57 Å². The number of benzene rings is 2. The fourth-order valence-electron chi connectivity index (χ4n) is 1.99. The van der Waals surface area contributed by atoms with Crippen LogP contribution in [0, 0.1) is 0 Å². The second-order valence-electron chi connectivity index (χ2n) is 5.37. The molecule has 5 nitrogen and oxygen atoms in total. The standard InChI is InChI=1S/C20H19N3O2/c1-14(17-10-8-16(13-24)9-11-17)12-22-19(21)15(2)20(25)23-18-6-4-3-5-7-18/h3-13H,2H2,1H3,(H2,21,22)(H,23,25)/b14-12+. The number of amidine groups is 1. The van der Waals surface area contributed by atoms with Gasteiger partial charge in [0, 0.05) is 17.5 Å². The van der Waals surface area contributed by atoms with Crippen LogP contribution in [0.5, 0.6) is 0 Å². The average Bonchev–Trinajstić information content (AvgIpc) is 2.66. The zero-order valence-electron chi connectivity index (χ0n) is 13.9. The third-order valence-electron chi connectivity index (χ3n) is 3.51. The smallest absolute Gasteiger partial charge is 0.258 e. The Morgan fingerprint density at radius 3 is 2.36 bits per heavy atom. The number of hydrogen-bond donors (Lipinski definition) is 2. The van der Waals surface area contributed by atoms with Gasteiger partial charge >= 0.3 is 0 Å². The number of carbonyl (C=O) groups is 2. The molecule has 5 heteroatoms. The number of nitrogens with one attached hydrogen (secondary N) is 1. The maximum atomic E-state index is 12.1. The highest BCUT2D eigenvalue weighted by atomic mass is 16.1. The van der Waals surface area contributed by atoms with Gasteiger partial charge in [0.15, 0.2) is 0 Å². The van der Waals surface area contributed by atoms with Crippen LogP contribution in [0.2, 0.25) is 0 Å². The van der Waals surface area contributed by atoms with Crippen LogP contribution < -0.4 is 11.1 Å². The highest BCUT2D eigenvalue weighted by Crippen LogP contribution is 2.14. The molecule has 0 fully saturated rings. The Kier molecular flexibility index (Phi) is 6.01. The van der Waals surface area contributed by atoms with E-state index in [0.717, 1.165) is 17.4 Å². The Labute approximate surface area is 146 Å². The highest BCUT2D eigenvalue weighted by molar-refractivity contribution is 6.23. The predicted octanol–water partition coefficient (Wildman–Crippen LogP) is 3.41. The summed E-state index contributed by atoms with van der Waals surface area (Å²) in [6.45, 7) is 5.55. The van der Waals surface area contributed by atoms with Crippen LogP contribution in [0.4, 0.5) is 5.69 Å². The minimum absolute atomic E-state index is 0.0392. The van der Waals surface area contributed by atoms with E-state index in [1.165, 1.54) is 0 Å². The molecule has 0 unspecified atom stereocenters. The molecule has 0 saturated heterocycles. The molecule has 25 heavy (non-hydrogen) atoms. The summed E-state index contributed by atoms with van der Waals surface area (Å²) >= 11 is 0. The maximum absolute atomic E-state index is 12.1. The van der Waals surface area contributed by atoms with Gasteiger partial charge in [-0.25, -0.2) is 4.99 Å². The summed E-state index contributed by atoms with van der Waals surface area (Å²) in [5, 5.41) is 2.70. The Bertz CT molecular complexity index is 835. The van der Waals surface area contributed by atoms with E-state index in [1.807, 2.05) is 37.3 Å². The van der Waals surface area contributed by atoms with Gasteiger partial charge in [-0.1, -0.05) is 49.0 Å². The molecule has 1 amide bonds. The molecule has 0 saturated carbocycles. The van der Waals surface area contributed by atoms with Gasteiger partial charge in [-0.15, -0.1) is 0 Å². The van der Waals surface area contributed by atoms with E-state index < -0.39 is 5.91 Å². The average molecular weight is 333 g/mol. The summed E-state index contributed by atoms with van der Waals surface area (Å²) in [6, 6.07) is 16.1. The van der Waals surface area contributed by atoms with Crippen molar-refractivity contribution in [2.75, 3.05) is 5.32 Å². The molecule has 126 valence electrons. The molecule has 0 radical (unpaired) electrons. The summed E-state index contributed by atoms with van der Waals surface area (Å²) < 4.78 is 0. The number of carbonyl (C=O) groups excluding carboxylic acids is 2. The molecule has 2 aromatic rings. The van der Waals surface area contributed by atoms with Crippen LogP contribution in [-0.4, -0.2) is 18.0 Å². The maximum Gasteiger partial charge on any atom is 0.258 e. The number of nitrogens with two attached hydrogens (primary N) is 1. The molecule has 0 aliphatic carbocycles. The van der Waals surface area contributed by atoms with Crippen LogP contribution in [0.15, 0.2) is 77.9 Å². The predicted molar refractivity (Wildman–Crippen MR) is 101 cm³/mol. The molecule has 0 aliphatic heterocycles. The monoisotopic (exact) mass is 333 g/mol. The normalized spacial score (nSPS) is 11.7. The van der Waals surface area contributed by atoms with Crippen LogP contribution in [0.1, 0.15) is 22.8 Å². The Hall–Kier alpha value is -3.47. The topological polar surface area (TPSA) is 84.6 Å². The van der Waals surface area contributed by atoms with Crippen molar-refractivity contribution in [2.24, 2.45) is 10.7 Å². The van der Waals surface area contributed by atoms with Gasteiger partial charge in [0.1, 0.15) is 12.1 Å². The fraction of sp³-hybridized carbons (Fsp3) is 0.0500. The first kappa shape index (κ1) is 17.9. The summed E-state index contributed by atoms with van der Waals surface area (Å²) in [7, 11) is 0. The largest absolute Gasteiger partial charge is 0.383 e. The lowest BCUT2D eigenvalue weighted by atomic mass is 10.1. The highest BCUT2D eigenvalue weighted by Gasteiger charge is 2.10. The van der Waals surface area contributed by atoms with E-state index in [2.05, 4.69) is 16.9 Å². The number of para-hydroxylation sites is 1. The zero-order chi connectivity index (χ0) is 18.2. The van der Waals surface area contributed by atoms with Crippen LogP contribution in [0.25, 0.3) is 5.57 Å². The van der Waals surface area contributed by atoms with Crippen molar-refractivity contribution in [3.05, 3.63) is 84.1 Å². The molecule has 0 aliphatic rings. The van der Waals surface area contributed by atoms with Crippen molar-refractivity contribution in [1.29, 1.82) is 0 Å². The Morgan fingerprint density at radius 2 is 1.76 bits per heavy atom. The van der Waals surface area contributed by atoms with Crippen molar-refractivity contribution in [2.45, 2.75) is 6.92 Å². The second kappa shape index (κ2) is 8.40. The molecular formula is C20H19N3O2. The summed E-state index contributed by atoms with van der Waals surface area (Å²) in [5.74, 6) is -0.369. The molecule has 0 spiro atoms. The first-order valence-corrected chi connectivity index (χ1v) is 7.62. The van der Waals surface area contributed by atoms with Crippen LogP contribution in [0.3, 0.4) is 0 Å². The van der Waals surface area contributed by atoms with Gasteiger partial charge in [-0.3, -0.25) is 9.59 Å². The minimum Gasteiger partial charge on any atom is -0.383 e. The fourth-order valence-corrected chi connectivity index (χ4v) is 1.99. The Morgan fingerprint density at radius 1 is 1.12 bits per heavy atom.